The van der Waals surface area contributed by atoms with Crippen molar-refractivity contribution in [3.05, 3.63) is 122 Å². The van der Waals surface area contributed by atoms with E-state index >= 15 is 0 Å². The second-order valence-electron chi connectivity index (χ2n) is 18.7. The lowest BCUT2D eigenvalue weighted by Gasteiger charge is -2.28. The second-order valence-corrected chi connectivity index (χ2v) is 18.7. The van der Waals surface area contributed by atoms with Gasteiger partial charge in [0, 0.05) is 136 Å². The first-order chi connectivity index (χ1) is 35.6. The van der Waals surface area contributed by atoms with Gasteiger partial charge in [0.05, 0.1) is 59.7 Å². The lowest BCUT2D eigenvalue weighted by Crippen LogP contribution is -2.30. The zero-order chi connectivity index (χ0) is 52.6. The van der Waals surface area contributed by atoms with E-state index < -0.39 is 5.91 Å². The van der Waals surface area contributed by atoms with E-state index in [0.29, 0.717) is 76.2 Å². The minimum absolute atomic E-state index is 0.0115. The Kier molecular flexibility index (Phi) is 16.1. The van der Waals surface area contributed by atoms with Crippen LogP contribution in [-0.2, 0) is 30.1 Å². The predicted molar refractivity (Wildman–Crippen MR) is 300 cm³/mol. The van der Waals surface area contributed by atoms with Gasteiger partial charge in [-0.25, -0.2) is 19.9 Å². The third-order valence-electron chi connectivity index (χ3n) is 12.9. The molecule has 0 saturated carbocycles. The van der Waals surface area contributed by atoms with E-state index in [0.717, 1.165) is 57.4 Å². The maximum atomic E-state index is 14.7. The lowest BCUT2D eigenvalue weighted by molar-refractivity contribution is -0.116. The van der Waals surface area contributed by atoms with E-state index in [-0.39, 0.29) is 18.7 Å². The van der Waals surface area contributed by atoms with Gasteiger partial charge in [-0.05, 0) is 71.0 Å². The lowest BCUT2D eigenvalue weighted by atomic mass is 10.0. The predicted octanol–water partition coefficient (Wildman–Crippen LogP) is 8.78. The number of aryl methyl sites for hydroxylation is 2. The summed E-state index contributed by atoms with van der Waals surface area (Å²) in [4.78, 5) is 55.5. The fraction of sp³-hybridized carbons (Fsp3) is 0.286. The number of benzene rings is 4. The van der Waals surface area contributed by atoms with Gasteiger partial charge in [-0.3, -0.25) is 9.59 Å². The van der Waals surface area contributed by atoms with Gasteiger partial charge in [0.1, 0.15) is 11.5 Å². The molecule has 0 saturated heterocycles. The van der Waals surface area contributed by atoms with Crippen LogP contribution in [0.1, 0.15) is 12.0 Å². The van der Waals surface area contributed by atoms with Crippen molar-refractivity contribution < 1.29 is 19.1 Å². The van der Waals surface area contributed by atoms with E-state index in [1.807, 2.05) is 111 Å². The zero-order valence-electron chi connectivity index (χ0n) is 43.9. The Bertz CT molecular complexity index is 3330. The van der Waals surface area contributed by atoms with Crippen molar-refractivity contribution in [1.29, 1.82) is 0 Å². The summed E-state index contributed by atoms with van der Waals surface area (Å²) >= 11 is 0. The SMILES string of the molecule is C=CC(=O)Nc1c(N(C)CCN(C)C)cc(OC)c(Nc2nccc(-c3cn(C)c4ccccc34)n2)c1CCC(=O)Nc1cc(Nc2nccc(-c3cn(C)c4ccccc34)n2)c(OC)cc1N(C)CCN(C)C. The van der Waals surface area contributed by atoms with Crippen molar-refractivity contribution in [3.63, 3.8) is 0 Å². The van der Waals surface area contributed by atoms with Crippen LogP contribution < -0.4 is 40.5 Å². The molecule has 0 aliphatic carbocycles. The third-order valence-corrected chi connectivity index (χ3v) is 12.9. The number of nitrogens with zero attached hydrogens (tertiary/aromatic N) is 10. The van der Waals surface area contributed by atoms with Crippen LogP contribution in [-0.4, -0.2) is 133 Å². The second kappa shape index (κ2) is 22.9. The number of carbonyl (C=O) groups is 2. The molecule has 0 bridgehead atoms. The van der Waals surface area contributed by atoms with Crippen LogP contribution in [0.3, 0.4) is 0 Å². The summed E-state index contributed by atoms with van der Waals surface area (Å²) in [6.07, 6.45) is 8.90. The Labute approximate surface area is 432 Å². The maximum absolute atomic E-state index is 14.7. The molecule has 384 valence electrons. The van der Waals surface area contributed by atoms with E-state index in [9.17, 15) is 9.59 Å². The molecule has 8 rings (SSSR count). The summed E-state index contributed by atoms with van der Waals surface area (Å²) in [5.41, 5.74) is 9.63. The number of amides is 2. The average Bonchev–Trinajstić information content (AvgIpc) is 3.93. The highest BCUT2D eigenvalue weighted by Crippen LogP contribution is 2.44. The van der Waals surface area contributed by atoms with Crippen molar-refractivity contribution in [2.24, 2.45) is 14.1 Å². The Balaban J connectivity index is 1.16. The van der Waals surface area contributed by atoms with Crippen molar-refractivity contribution >= 4 is 79.6 Å². The quantitative estimate of drug-likeness (QED) is 0.0474. The van der Waals surface area contributed by atoms with Crippen LogP contribution in [0.5, 0.6) is 11.5 Å². The summed E-state index contributed by atoms with van der Waals surface area (Å²) < 4.78 is 16.3. The maximum Gasteiger partial charge on any atom is 0.247 e. The molecule has 4 aromatic carbocycles. The number of fused-ring (bicyclic) bond motifs is 2. The first-order valence-electron chi connectivity index (χ1n) is 24.4. The van der Waals surface area contributed by atoms with E-state index in [2.05, 4.69) is 103 Å². The van der Waals surface area contributed by atoms with Crippen LogP contribution in [0.25, 0.3) is 44.3 Å². The van der Waals surface area contributed by atoms with Crippen LogP contribution in [0.15, 0.2) is 116 Å². The minimum atomic E-state index is -0.418. The molecule has 4 heterocycles. The molecule has 0 spiro atoms. The van der Waals surface area contributed by atoms with Gasteiger partial charge in [0.25, 0.3) is 0 Å². The molecule has 0 atom stereocenters. The average molecular weight is 999 g/mol. The molecule has 18 heteroatoms. The molecule has 18 nitrogen and oxygen atoms in total. The monoisotopic (exact) mass is 999 g/mol. The normalized spacial score (nSPS) is 11.3. The number of likely N-dealkylation sites (N-methyl/N-ethyl adjacent to an activating group) is 4. The third kappa shape index (κ3) is 11.6. The summed E-state index contributed by atoms with van der Waals surface area (Å²) in [5.74, 6) is 0.934. The highest BCUT2D eigenvalue weighted by atomic mass is 16.5. The summed E-state index contributed by atoms with van der Waals surface area (Å²) in [6, 6.07) is 25.7. The summed E-state index contributed by atoms with van der Waals surface area (Å²) in [7, 11) is 19.2. The van der Waals surface area contributed by atoms with Gasteiger partial charge in [-0.1, -0.05) is 43.0 Å². The molecule has 2 amide bonds. The minimum Gasteiger partial charge on any atom is -0.494 e. The molecule has 0 radical (unpaired) electrons. The number of methoxy groups -OCH3 is 2. The molecule has 0 aliphatic rings. The van der Waals surface area contributed by atoms with E-state index in [4.69, 9.17) is 19.4 Å². The van der Waals surface area contributed by atoms with Gasteiger partial charge in [-0.2, -0.15) is 0 Å². The summed E-state index contributed by atoms with van der Waals surface area (Å²) in [6.45, 7) is 6.52. The van der Waals surface area contributed by atoms with Crippen molar-refractivity contribution in [2.75, 3.05) is 114 Å². The fourth-order valence-electron chi connectivity index (χ4n) is 8.97. The van der Waals surface area contributed by atoms with Crippen LogP contribution in [0.2, 0.25) is 0 Å². The number of aromatic nitrogens is 6. The Morgan fingerprint density at radius 3 is 1.70 bits per heavy atom. The highest BCUT2D eigenvalue weighted by Gasteiger charge is 2.25. The topological polar surface area (TPSA) is 175 Å². The molecular weight excluding hydrogens is 933 g/mol. The van der Waals surface area contributed by atoms with Gasteiger partial charge in [0.15, 0.2) is 0 Å². The standard InChI is InChI=1S/C56H66N14O4/c1-12-51(71)63-53-38(54(50(74-11)33-48(53)68(7)30-28-66(4)5)64-56-58-26-24-42(61-56)40-35-70(9)46-20-16-14-18-37(40)46)21-22-52(72)59-43-31-44(49(73-10)32-47(43)67(6)29-27-65(2)3)62-55-57-25-23-41(60-55)39-34-69(8)45-19-15-13-17-36(39)45/h12-20,23-26,31-35H,1,21-22,27-30H2,2-11H3,(H,59,72)(H,63,71)(H,57,60,62)(H,58,61,64). The van der Waals surface area contributed by atoms with Crippen LogP contribution >= 0.6 is 0 Å². The fourth-order valence-corrected chi connectivity index (χ4v) is 8.97. The van der Waals surface area contributed by atoms with Crippen molar-refractivity contribution in [3.8, 4) is 34.0 Å². The number of para-hydroxylation sites is 2. The molecular formula is C56H66N14O4. The van der Waals surface area contributed by atoms with Crippen molar-refractivity contribution in [1.82, 2.24) is 38.9 Å². The molecule has 0 unspecified atom stereocenters. The van der Waals surface area contributed by atoms with E-state index in [1.54, 1.807) is 26.6 Å². The molecule has 0 aliphatic heterocycles. The number of carbonyl (C=O) groups excluding carboxylic acids is 2. The van der Waals surface area contributed by atoms with Gasteiger partial charge >= 0.3 is 0 Å². The number of hydrogen-bond acceptors (Lipinski definition) is 14. The molecule has 74 heavy (non-hydrogen) atoms. The largest absolute Gasteiger partial charge is 0.494 e. The molecule has 8 aromatic rings. The Morgan fingerprint density at radius 1 is 0.635 bits per heavy atom. The van der Waals surface area contributed by atoms with Gasteiger partial charge in [-0.15, -0.1) is 0 Å². The first-order valence-corrected chi connectivity index (χ1v) is 24.4. The first kappa shape index (κ1) is 51.9. The van der Waals surface area contributed by atoms with Crippen LogP contribution in [0, 0.1) is 0 Å². The molecule has 0 fully saturated rings. The molecule has 4 aromatic heterocycles. The van der Waals surface area contributed by atoms with Gasteiger partial charge < -0.3 is 59.5 Å². The zero-order valence-corrected chi connectivity index (χ0v) is 43.9. The molecule has 4 N–H and O–H groups in total. The Hall–Kier alpha value is -8.48. The number of hydrogen-bond donors (Lipinski definition) is 4. The number of nitrogens with one attached hydrogen (secondary N) is 4. The number of ether oxygens (including phenoxy) is 2. The Morgan fingerprint density at radius 2 is 1.16 bits per heavy atom. The van der Waals surface area contributed by atoms with Crippen LogP contribution in [0.4, 0.5) is 46.0 Å². The van der Waals surface area contributed by atoms with E-state index in [1.165, 1.54) is 6.08 Å². The van der Waals surface area contributed by atoms with Gasteiger partial charge in [0.2, 0.25) is 23.7 Å². The number of rotatable bonds is 22. The smallest absolute Gasteiger partial charge is 0.247 e. The van der Waals surface area contributed by atoms with Crippen molar-refractivity contribution in [2.45, 2.75) is 12.8 Å². The summed E-state index contributed by atoms with van der Waals surface area (Å²) in [5, 5.41) is 15.3. The highest BCUT2D eigenvalue weighted by molar-refractivity contribution is 6.04. The number of anilines is 8.